The molecular weight excluding hydrogens is 285 g/mol. The van der Waals surface area contributed by atoms with Gasteiger partial charge in [0.25, 0.3) is 0 Å². The molecule has 20 heavy (non-hydrogen) atoms. The fourth-order valence-corrected chi connectivity index (χ4v) is 2.03. The van der Waals surface area contributed by atoms with Crippen molar-refractivity contribution in [3.8, 4) is 17.0 Å². The number of rotatable bonds is 3. The van der Waals surface area contributed by atoms with E-state index in [1.807, 2.05) is 0 Å². The van der Waals surface area contributed by atoms with Crippen molar-refractivity contribution >= 4 is 17.6 Å². The molecule has 0 aliphatic carbocycles. The summed E-state index contributed by atoms with van der Waals surface area (Å²) in [6.07, 6.45) is 1.31. The van der Waals surface area contributed by atoms with Crippen LogP contribution in [0.5, 0.6) is 5.88 Å². The van der Waals surface area contributed by atoms with Crippen LogP contribution < -0.4 is 4.74 Å². The molecule has 104 valence electrons. The Morgan fingerprint density at radius 3 is 2.45 bits per heavy atom. The second-order valence-corrected chi connectivity index (χ2v) is 4.27. The maximum atomic E-state index is 13.0. The van der Waals surface area contributed by atoms with Crippen LogP contribution in [0.25, 0.3) is 11.1 Å². The lowest BCUT2D eigenvalue weighted by Gasteiger charge is -2.13. The molecule has 1 heterocycles. The van der Waals surface area contributed by atoms with Gasteiger partial charge in [0, 0.05) is 0 Å². The molecule has 0 N–H and O–H groups in total. The van der Waals surface area contributed by atoms with Gasteiger partial charge in [-0.05, 0) is 17.7 Å². The van der Waals surface area contributed by atoms with Crippen LogP contribution in [0.2, 0.25) is 5.02 Å². The first-order valence-electron chi connectivity index (χ1n) is 5.65. The van der Waals surface area contributed by atoms with Crippen LogP contribution >= 0.6 is 11.6 Å². The average Bonchev–Trinajstić information content (AvgIpc) is 2.47. The zero-order valence-corrected chi connectivity index (χ0v) is 11.6. The summed E-state index contributed by atoms with van der Waals surface area (Å²) in [5.74, 6) is -0.793. The Balaban J connectivity index is 2.73. The number of halogens is 2. The Labute approximate surface area is 120 Å². The van der Waals surface area contributed by atoms with E-state index < -0.39 is 5.97 Å². The summed E-state index contributed by atoms with van der Waals surface area (Å²) in [7, 11) is 2.67. The molecule has 0 amide bonds. The van der Waals surface area contributed by atoms with Crippen LogP contribution in [-0.4, -0.2) is 25.2 Å². The molecule has 1 aromatic heterocycles. The Kier molecular flexibility index (Phi) is 4.20. The maximum absolute atomic E-state index is 13.0. The van der Waals surface area contributed by atoms with Gasteiger partial charge in [0.05, 0.1) is 36.6 Å². The number of carbonyl (C=O) groups is 1. The molecule has 2 aromatic rings. The molecule has 0 unspecified atom stereocenters. The Hall–Kier alpha value is -2.14. The SMILES string of the molecule is COC(=O)c1c(Cl)cnc(OC)c1-c1ccc(F)cc1. The minimum atomic E-state index is -0.616. The third-order valence-corrected chi connectivity index (χ3v) is 3.00. The minimum Gasteiger partial charge on any atom is -0.481 e. The zero-order chi connectivity index (χ0) is 14.7. The van der Waals surface area contributed by atoms with Crippen LogP contribution in [-0.2, 0) is 4.74 Å². The molecule has 0 radical (unpaired) electrons. The highest BCUT2D eigenvalue weighted by atomic mass is 35.5. The van der Waals surface area contributed by atoms with E-state index >= 15 is 0 Å². The zero-order valence-electron chi connectivity index (χ0n) is 10.8. The monoisotopic (exact) mass is 295 g/mol. The molecular formula is C14H11ClFNO3. The van der Waals surface area contributed by atoms with Crippen molar-refractivity contribution in [2.75, 3.05) is 14.2 Å². The van der Waals surface area contributed by atoms with Gasteiger partial charge >= 0.3 is 5.97 Å². The molecule has 0 fully saturated rings. The standard InChI is InChI=1S/C14H11ClFNO3/c1-19-13-11(8-3-5-9(16)6-4-8)12(14(18)20-2)10(15)7-17-13/h3-7H,1-2H3. The number of carbonyl (C=O) groups excluding carboxylic acids is 1. The summed E-state index contributed by atoms with van der Waals surface area (Å²) < 4.78 is 22.9. The van der Waals surface area contributed by atoms with Crippen LogP contribution in [0.3, 0.4) is 0 Å². The first-order valence-corrected chi connectivity index (χ1v) is 6.03. The van der Waals surface area contributed by atoms with E-state index in [9.17, 15) is 9.18 Å². The molecule has 0 atom stereocenters. The van der Waals surface area contributed by atoms with Crippen molar-refractivity contribution in [3.05, 3.63) is 46.9 Å². The number of ether oxygens (including phenoxy) is 2. The first-order chi connectivity index (χ1) is 9.58. The van der Waals surface area contributed by atoms with Gasteiger partial charge in [0.1, 0.15) is 5.82 Å². The Morgan fingerprint density at radius 2 is 1.90 bits per heavy atom. The summed E-state index contributed by atoms with van der Waals surface area (Å²) in [5.41, 5.74) is 1.05. The summed E-state index contributed by atoms with van der Waals surface area (Å²) in [4.78, 5) is 15.9. The fourth-order valence-electron chi connectivity index (χ4n) is 1.81. The van der Waals surface area contributed by atoms with Crippen molar-refractivity contribution < 1.29 is 18.7 Å². The second-order valence-electron chi connectivity index (χ2n) is 3.86. The van der Waals surface area contributed by atoms with E-state index in [-0.39, 0.29) is 22.3 Å². The molecule has 0 bridgehead atoms. The first kappa shape index (κ1) is 14.3. The van der Waals surface area contributed by atoms with Crippen LogP contribution in [0, 0.1) is 5.82 Å². The molecule has 0 aliphatic rings. The van der Waals surface area contributed by atoms with Gasteiger partial charge in [-0.25, -0.2) is 14.2 Å². The van der Waals surface area contributed by atoms with Gasteiger partial charge in [-0.1, -0.05) is 23.7 Å². The number of aromatic nitrogens is 1. The van der Waals surface area contributed by atoms with E-state index in [4.69, 9.17) is 21.1 Å². The van der Waals surface area contributed by atoms with Crippen molar-refractivity contribution in [2.24, 2.45) is 0 Å². The number of hydrogen-bond acceptors (Lipinski definition) is 4. The van der Waals surface area contributed by atoms with E-state index in [1.54, 1.807) is 0 Å². The van der Waals surface area contributed by atoms with E-state index in [0.29, 0.717) is 11.1 Å². The summed E-state index contributed by atoms with van der Waals surface area (Å²) in [5, 5.41) is 0.136. The summed E-state index contributed by atoms with van der Waals surface area (Å²) in [6.45, 7) is 0. The van der Waals surface area contributed by atoms with Gasteiger partial charge in [-0.3, -0.25) is 0 Å². The number of hydrogen-bond donors (Lipinski definition) is 0. The van der Waals surface area contributed by atoms with Crippen molar-refractivity contribution in [1.82, 2.24) is 4.98 Å². The molecule has 4 nitrogen and oxygen atoms in total. The lowest BCUT2D eigenvalue weighted by Crippen LogP contribution is -2.07. The normalized spacial score (nSPS) is 10.2. The minimum absolute atomic E-state index is 0.132. The van der Waals surface area contributed by atoms with Gasteiger partial charge in [0.15, 0.2) is 0 Å². The molecule has 6 heteroatoms. The lowest BCUT2D eigenvalue weighted by molar-refractivity contribution is 0.0601. The van der Waals surface area contributed by atoms with Crippen molar-refractivity contribution in [1.29, 1.82) is 0 Å². The van der Waals surface area contributed by atoms with Gasteiger partial charge in [-0.2, -0.15) is 0 Å². The number of benzene rings is 1. The van der Waals surface area contributed by atoms with Crippen LogP contribution in [0.15, 0.2) is 30.5 Å². The molecule has 1 aromatic carbocycles. The predicted octanol–water partition coefficient (Wildman–Crippen LogP) is 3.34. The van der Waals surface area contributed by atoms with Crippen molar-refractivity contribution in [3.63, 3.8) is 0 Å². The van der Waals surface area contributed by atoms with E-state index in [2.05, 4.69) is 4.98 Å². The van der Waals surface area contributed by atoms with Gasteiger partial charge in [0.2, 0.25) is 5.88 Å². The number of esters is 1. The fraction of sp³-hybridized carbons (Fsp3) is 0.143. The van der Waals surface area contributed by atoms with Gasteiger partial charge in [-0.15, -0.1) is 0 Å². The van der Waals surface area contributed by atoms with E-state index in [1.165, 1.54) is 44.7 Å². The third-order valence-electron chi connectivity index (χ3n) is 2.71. The number of methoxy groups -OCH3 is 2. The summed E-state index contributed by atoms with van der Waals surface area (Å²) >= 11 is 6.02. The number of pyridine rings is 1. The molecule has 2 rings (SSSR count). The van der Waals surface area contributed by atoms with Crippen LogP contribution in [0.4, 0.5) is 4.39 Å². The largest absolute Gasteiger partial charge is 0.481 e. The van der Waals surface area contributed by atoms with E-state index in [0.717, 1.165) is 0 Å². The summed E-state index contributed by atoms with van der Waals surface area (Å²) in [6, 6.07) is 5.57. The Morgan fingerprint density at radius 1 is 1.25 bits per heavy atom. The van der Waals surface area contributed by atoms with Crippen molar-refractivity contribution in [2.45, 2.75) is 0 Å². The molecule has 0 saturated heterocycles. The highest BCUT2D eigenvalue weighted by Gasteiger charge is 2.22. The predicted molar refractivity (Wildman–Crippen MR) is 72.5 cm³/mol. The average molecular weight is 296 g/mol. The second kappa shape index (κ2) is 5.88. The molecule has 0 saturated carbocycles. The highest BCUT2D eigenvalue weighted by molar-refractivity contribution is 6.34. The smallest absolute Gasteiger partial charge is 0.340 e. The topological polar surface area (TPSA) is 48.4 Å². The molecule has 0 aliphatic heterocycles. The number of nitrogens with zero attached hydrogens (tertiary/aromatic N) is 1. The molecule has 0 spiro atoms. The third kappa shape index (κ3) is 2.58. The Bertz CT molecular complexity index is 644. The van der Waals surface area contributed by atoms with Gasteiger partial charge < -0.3 is 9.47 Å². The highest BCUT2D eigenvalue weighted by Crippen LogP contribution is 2.36. The maximum Gasteiger partial charge on any atom is 0.340 e. The van der Waals surface area contributed by atoms with Crippen LogP contribution in [0.1, 0.15) is 10.4 Å². The quantitative estimate of drug-likeness (QED) is 0.815. The lowest BCUT2D eigenvalue weighted by atomic mass is 10.0.